The highest BCUT2D eigenvalue weighted by molar-refractivity contribution is 5.92. The maximum absolute atomic E-state index is 12.2. The van der Waals surface area contributed by atoms with Gasteiger partial charge in [0.2, 0.25) is 5.91 Å². The Bertz CT molecular complexity index is 938. The lowest BCUT2D eigenvalue weighted by molar-refractivity contribution is -0.116. The van der Waals surface area contributed by atoms with Crippen LogP contribution in [0.1, 0.15) is 24.0 Å². The van der Waals surface area contributed by atoms with Crippen molar-refractivity contribution in [2.24, 2.45) is 0 Å². The molecule has 0 fully saturated rings. The molecular weight excluding hydrogens is 330 g/mol. The van der Waals surface area contributed by atoms with Crippen LogP contribution in [0, 0.1) is 13.8 Å². The Morgan fingerprint density at radius 3 is 2.58 bits per heavy atom. The number of hydrogen-bond acceptors (Lipinski definition) is 4. The fourth-order valence-electron chi connectivity index (χ4n) is 2.77. The number of rotatable bonds is 6. The van der Waals surface area contributed by atoms with E-state index in [1.165, 1.54) is 10.7 Å². The number of para-hydroxylation sites is 1. The number of benzene rings is 1. The van der Waals surface area contributed by atoms with Gasteiger partial charge in [-0.05, 0) is 49.6 Å². The Morgan fingerprint density at radius 2 is 1.88 bits per heavy atom. The standard InChI is InChI=1S/C20H21N3O3/c1-14-6-3-7-15(2)20(14)21-18(24)9-4-12-23-19(25)11-10-16(22-23)17-8-5-13-26-17/h3,5-8,10-11,13H,4,9,12H2,1-2H3,(H,21,24). The summed E-state index contributed by atoms with van der Waals surface area (Å²) >= 11 is 0. The molecule has 134 valence electrons. The smallest absolute Gasteiger partial charge is 0.266 e. The molecule has 1 amide bonds. The fourth-order valence-corrected chi connectivity index (χ4v) is 2.77. The van der Waals surface area contributed by atoms with Crippen LogP contribution in [-0.4, -0.2) is 15.7 Å². The lowest BCUT2D eigenvalue weighted by Crippen LogP contribution is -2.23. The second-order valence-corrected chi connectivity index (χ2v) is 6.18. The van der Waals surface area contributed by atoms with E-state index in [-0.39, 0.29) is 11.5 Å². The van der Waals surface area contributed by atoms with Crippen molar-refractivity contribution < 1.29 is 9.21 Å². The summed E-state index contributed by atoms with van der Waals surface area (Å²) in [5, 5.41) is 7.25. The van der Waals surface area contributed by atoms with Crippen molar-refractivity contribution in [2.75, 3.05) is 5.32 Å². The maximum atomic E-state index is 12.2. The highest BCUT2D eigenvalue weighted by atomic mass is 16.3. The normalized spacial score (nSPS) is 10.7. The van der Waals surface area contributed by atoms with Crippen LogP contribution in [0.3, 0.4) is 0 Å². The summed E-state index contributed by atoms with van der Waals surface area (Å²) in [6.07, 6.45) is 2.39. The molecule has 0 saturated carbocycles. The quantitative estimate of drug-likeness (QED) is 0.737. The molecule has 3 rings (SSSR count). The van der Waals surface area contributed by atoms with Crippen LogP contribution in [-0.2, 0) is 11.3 Å². The van der Waals surface area contributed by atoms with Crippen molar-refractivity contribution in [3.8, 4) is 11.5 Å². The van der Waals surface area contributed by atoms with Crippen molar-refractivity contribution in [3.05, 3.63) is 70.2 Å². The van der Waals surface area contributed by atoms with Gasteiger partial charge in [0, 0.05) is 24.7 Å². The Kier molecular flexibility index (Phi) is 5.31. The SMILES string of the molecule is Cc1cccc(C)c1NC(=O)CCCn1nc(-c2ccco2)ccc1=O. The first-order valence-electron chi connectivity index (χ1n) is 8.53. The predicted molar refractivity (Wildman–Crippen MR) is 100.0 cm³/mol. The summed E-state index contributed by atoms with van der Waals surface area (Å²) in [4.78, 5) is 24.2. The number of nitrogens with zero attached hydrogens (tertiary/aromatic N) is 2. The lowest BCUT2D eigenvalue weighted by Gasteiger charge is -2.11. The molecule has 0 radical (unpaired) electrons. The number of anilines is 1. The van der Waals surface area contributed by atoms with E-state index in [4.69, 9.17) is 4.42 Å². The number of nitrogens with one attached hydrogen (secondary N) is 1. The van der Waals surface area contributed by atoms with Crippen molar-refractivity contribution in [1.82, 2.24) is 9.78 Å². The minimum atomic E-state index is -0.199. The first-order valence-corrected chi connectivity index (χ1v) is 8.53. The molecule has 6 nitrogen and oxygen atoms in total. The van der Waals surface area contributed by atoms with Crippen molar-refractivity contribution >= 4 is 11.6 Å². The van der Waals surface area contributed by atoms with Gasteiger partial charge in [-0.1, -0.05) is 18.2 Å². The van der Waals surface area contributed by atoms with Crippen LogP contribution in [0.2, 0.25) is 0 Å². The maximum Gasteiger partial charge on any atom is 0.266 e. The number of carbonyl (C=O) groups is 1. The molecule has 0 aliphatic heterocycles. The van der Waals surface area contributed by atoms with E-state index in [0.29, 0.717) is 30.8 Å². The molecular formula is C20H21N3O3. The van der Waals surface area contributed by atoms with Gasteiger partial charge in [0.1, 0.15) is 5.69 Å². The van der Waals surface area contributed by atoms with Gasteiger partial charge >= 0.3 is 0 Å². The highest BCUT2D eigenvalue weighted by Crippen LogP contribution is 2.19. The molecule has 0 atom stereocenters. The van der Waals surface area contributed by atoms with Gasteiger partial charge < -0.3 is 9.73 Å². The molecule has 1 aromatic carbocycles. The first-order chi connectivity index (χ1) is 12.5. The second-order valence-electron chi connectivity index (χ2n) is 6.18. The van der Waals surface area contributed by atoms with Crippen LogP contribution in [0.15, 0.2) is 57.9 Å². The highest BCUT2D eigenvalue weighted by Gasteiger charge is 2.09. The molecule has 0 saturated heterocycles. The molecule has 0 unspecified atom stereocenters. The molecule has 3 aromatic rings. The monoisotopic (exact) mass is 351 g/mol. The van der Waals surface area contributed by atoms with Crippen LogP contribution in [0.4, 0.5) is 5.69 Å². The van der Waals surface area contributed by atoms with E-state index in [0.717, 1.165) is 16.8 Å². The zero-order valence-electron chi connectivity index (χ0n) is 14.9. The summed E-state index contributed by atoms with van der Waals surface area (Å²) in [6, 6.07) is 12.5. The van der Waals surface area contributed by atoms with Crippen molar-refractivity contribution in [1.29, 1.82) is 0 Å². The van der Waals surface area contributed by atoms with Gasteiger partial charge in [-0.3, -0.25) is 9.59 Å². The third-order valence-electron chi connectivity index (χ3n) is 4.16. The minimum Gasteiger partial charge on any atom is -0.463 e. The van der Waals surface area contributed by atoms with Crippen LogP contribution in [0.25, 0.3) is 11.5 Å². The van der Waals surface area contributed by atoms with Crippen LogP contribution >= 0.6 is 0 Å². The van der Waals surface area contributed by atoms with Gasteiger partial charge in [-0.15, -0.1) is 0 Å². The Morgan fingerprint density at radius 1 is 1.12 bits per heavy atom. The van der Waals surface area contributed by atoms with E-state index in [9.17, 15) is 9.59 Å². The number of amides is 1. The molecule has 0 aliphatic carbocycles. The van der Waals surface area contributed by atoms with Gasteiger partial charge in [0.05, 0.1) is 6.26 Å². The molecule has 2 aromatic heterocycles. The molecule has 0 bridgehead atoms. The summed E-state index contributed by atoms with van der Waals surface area (Å²) in [7, 11) is 0. The zero-order valence-corrected chi connectivity index (χ0v) is 14.9. The van der Waals surface area contributed by atoms with Crippen molar-refractivity contribution in [2.45, 2.75) is 33.2 Å². The van der Waals surface area contributed by atoms with E-state index in [1.807, 2.05) is 32.0 Å². The van der Waals surface area contributed by atoms with Gasteiger partial charge in [0.25, 0.3) is 5.56 Å². The zero-order chi connectivity index (χ0) is 18.5. The number of furan rings is 1. The lowest BCUT2D eigenvalue weighted by atomic mass is 10.1. The Hall–Kier alpha value is -3.15. The second kappa shape index (κ2) is 7.82. The number of hydrogen-bond donors (Lipinski definition) is 1. The van der Waals surface area contributed by atoms with Crippen molar-refractivity contribution in [3.63, 3.8) is 0 Å². The average molecular weight is 351 g/mol. The topological polar surface area (TPSA) is 77.1 Å². The Labute approximate surface area is 151 Å². The number of aryl methyl sites for hydroxylation is 3. The molecule has 1 N–H and O–H groups in total. The number of carbonyl (C=O) groups excluding carboxylic acids is 1. The molecule has 2 heterocycles. The summed E-state index contributed by atoms with van der Waals surface area (Å²) in [5.41, 5.74) is 3.31. The molecule has 0 aliphatic rings. The van der Waals surface area contributed by atoms with E-state index in [1.54, 1.807) is 24.5 Å². The predicted octanol–water partition coefficient (Wildman–Crippen LogP) is 3.54. The third kappa shape index (κ3) is 4.08. The van der Waals surface area contributed by atoms with Gasteiger partial charge in [-0.2, -0.15) is 5.10 Å². The summed E-state index contributed by atoms with van der Waals surface area (Å²) in [6.45, 7) is 4.30. The number of aromatic nitrogens is 2. The van der Waals surface area contributed by atoms with Crippen LogP contribution in [0.5, 0.6) is 0 Å². The van der Waals surface area contributed by atoms with Crippen LogP contribution < -0.4 is 10.9 Å². The van der Waals surface area contributed by atoms with E-state index in [2.05, 4.69) is 10.4 Å². The summed E-state index contributed by atoms with van der Waals surface area (Å²) < 4.78 is 6.67. The largest absolute Gasteiger partial charge is 0.463 e. The first kappa shape index (κ1) is 17.7. The summed E-state index contributed by atoms with van der Waals surface area (Å²) in [5.74, 6) is 0.532. The molecule has 0 spiro atoms. The van der Waals surface area contributed by atoms with E-state index >= 15 is 0 Å². The average Bonchev–Trinajstić information content (AvgIpc) is 3.14. The Balaban J connectivity index is 1.60. The molecule has 26 heavy (non-hydrogen) atoms. The third-order valence-corrected chi connectivity index (χ3v) is 4.16. The minimum absolute atomic E-state index is 0.0716. The van der Waals surface area contributed by atoms with Gasteiger partial charge in [-0.25, -0.2) is 4.68 Å². The molecule has 6 heteroatoms. The van der Waals surface area contributed by atoms with Gasteiger partial charge in [0.15, 0.2) is 5.76 Å². The fraction of sp³-hybridized carbons (Fsp3) is 0.250. The van der Waals surface area contributed by atoms with E-state index < -0.39 is 0 Å².